The molecule has 510 valence electrons. The topological polar surface area (TPSA) is 21.3 Å². The molecule has 0 spiro atoms. The van der Waals surface area contributed by atoms with Crippen LogP contribution in [0.25, 0.3) is 105 Å². The van der Waals surface area contributed by atoms with E-state index in [4.69, 9.17) is 2.74 Å². The Morgan fingerprint density at radius 1 is 0.279 bits per heavy atom. The number of anilines is 6. The summed E-state index contributed by atoms with van der Waals surface area (Å²) >= 11 is 0. The molecule has 6 heteroatoms. The first-order valence-electron chi connectivity index (χ1n) is 40.7. The fraction of sp³-hybridized carbons (Fsp3) is 0.204. The van der Waals surface area contributed by atoms with E-state index < -0.39 is 36.3 Å². The van der Waals surface area contributed by atoms with Gasteiger partial charge in [-0.1, -0.05) is 274 Å². The first kappa shape index (κ1) is 56.5. The smallest absolute Gasteiger partial charge is 0.252 e. The molecule has 16 aromatic rings. The van der Waals surface area contributed by atoms with Crippen molar-refractivity contribution in [3.05, 3.63) is 301 Å². The van der Waals surface area contributed by atoms with Gasteiger partial charge in [-0.05, 0) is 185 Å². The van der Waals surface area contributed by atoms with Crippen LogP contribution in [0.2, 0.25) is 0 Å². The molecule has 0 aliphatic carbocycles. The zero-order valence-corrected chi connectivity index (χ0v) is 62.2. The highest BCUT2D eigenvalue weighted by Gasteiger charge is 2.46. The van der Waals surface area contributed by atoms with Gasteiger partial charge in [0.1, 0.15) is 0 Å². The summed E-state index contributed by atoms with van der Waals surface area (Å²) in [6, 6.07) is 80.0. The Bertz CT molecular complexity index is 6610. The Morgan fingerprint density at radius 2 is 0.702 bits per heavy atom. The van der Waals surface area contributed by atoms with Crippen LogP contribution in [0.15, 0.2) is 273 Å². The summed E-state index contributed by atoms with van der Waals surface area (Å²) in [6.07, 6.45) is 0. The highest BCUT2D eigenvalue weighted by molar-refractivity contribution is 7.00. The van der Waals surface area contributed by atoms with Gasteiger partial charge in [0, 0.05) is 83.3 Å². The third-order valence-corrected chi connectivity index (χ3v) is 22.3. The van der Waals surface area contributed by atoms with Crippen molar-refractivity contribution in [3.8, 4) is 39.3 Å². The standard InChI is InChI=1S/C98H90BN5/c1-94(2,3)63-41-37-61(38-42-63)76-55-65(96(7,8)9)45-52-84(76)103-87-59-69(101-80-33-23-19-29-71(80)72-30-20-24-34-81(72)101)47-50-78(87)99-79-51-48-70(102-82-35-25-21-31-73(82)74-49-54-86-91(93(74)102)75-32-22-26-36-83(75)100(86)68-27-17-16-18-28-68)60-88(79)104(90-58-67(98(13,14)15)57-89(103)92(90)99)85-53-46-66(97(10,11)12)56-77(85)62-39-43-64(44-40-62)95(4,5)6/h16-60H,1-15H3/i19D,20D,23D,24D,29D,30D,33D,34D. The number of hydrogen-bond acceptors (Lipinski definition) is 2. The monoisotopic (exact) mass is 1360 g/mol. The summed E-state index contributed by atoms with van der Waals surface area (Å²) in [4.78, 5) is 5.02. The minimum Gasteiger partial charge on any atom is -0.311 e. The lowest BCUT2D eigenvalue weighted by Gasteiger charge is -2.46. The van der Waals surface area contributed by atoms with Crippen molar-refractivity contribution < 1.29 is 11.0 Å². The van der Waals surface area contributed by atoms with E-state index in [1.54, 1.807) is 4.57 Å². The molecular weight excluding hydrogens is 1260 g/mol. The van der Waals surface area contributed by atoms with Crippen molar-refractivity contribution in [3.63, 3.8) is 0 Å². The van der Waals surface area contributed by atoms with Gasteiger partial charge in [-0.15, -0.1) is 0 Å². The van der Waals surface area contributed by atoms with Gasteiger partial charge in [0.15, 0.2) is 0 Å². The van der Waals surface area contributed by atoms with Gasteiger partial charge in [0.05, 0.1) is 55.4 Å². The van der Waals surface area contributed by atoms with Gasteiger partial charge < -0.3 is 23.5 Å². The van der Waals surface area contributed by atoms with Crippen LogP contribution in [0.1, 0.15) is 143 Å². The number of benzene rings is 13. The average molecular weight is 1360 g/mol. The first-order chi connectivity index (χ1) is 53.1. The molecule has 13 aromatic carbocycles. The maximum Gasteiger partial charge on any atom is 0.252 e. The largest absolute Gasteiger partial charge is 0.311 e. The minimum atomic E-state index is -0.490. The maximum absolute atomic E-state index is 9.82. The van der Waals surface area contributed by atoms with Gasteiger partial charge in [-0.25, -0.2) is 0 Å². The molecule has 18 rings (SSSR count). The van der Waals surface area contributed by atoms with Crippen LogP contribution in [0, 0.1) is 0 Å². The molecule has 0 radical (unpaired) electrons. The van der Waals surface area contributed by atoms with Crippen molar-refractivity contribution in [2.24, 2.45) is 0 Å². The van der Waals surface area contributed by atoms with Crippen LogP contribution >= 0.6 is 0 Å². The Kier molecular flexibility index (Phi) is 12.6. The second kappa shape index (κ2) is 23.2. The highest BCUT2D eigenvalue weighted by atomic mass is 15.2. The number of para-hydroxylation sites is 5. The molecule has 2 aliphatic rings. The quantitative estimate of drug-likeness (QED) is 0.148. The van der Waals surface area contributed by atoms with E-state index in [9.17, 15) is 8.22 Å². The zero-order chi connectivity index (χ0) is 78.8. The summed E-state index contributed by atoms with van der Waals surface area (Å²) in [7, 11) is 0. The van der Waals surface area contributed by atoms with Crippen molar-refractivity contribution in [2.45, 2.75) is 131 Å². The van der Waals surface area contributed by atoms with Crippen LogP contribution in [-0.4, -0.2) is 20.4 Å². The second-order valence-electron chi connectivity index (χ2n) is 34.1. The Hall–Kier alpha value is -11.1. The van der Waals surface area contributed by atoms with Crippen molar-refractivity contribution in [2.75, 3.05) is 9.80 Å². The predicted molar refractivity (Wildman–Crippen MR) is 448 cm³/mol. The molecule has 5 nitrogen and oxygen atoms in total. The fourth-order valence-corrected chi connectivity index (χ4v) is 16.7. The maximum atomic E-state index is 9.82. The molecule has 0 saturated heterocycles. The molecule has 0 bridgehead atoms. The lowest BCUT2D eigenvalue weighted by Crippen LogP contribution is -2.61. The molecule has 0 amide bonds. The second-order valence-corrected chi connectivity index (χ2v) is 34.1. The van der Waals surface area contributed by atoms with Crippen molar-refractivity contribution in [1.82, 2.24) is 13.7 Å². The zero-order valence-electron chi connectivity index (χ0n) is 70.2. The van der Waals surface area contributed by atoms with E-state index in [0.717, 1.165) is 139 Å². The molecule has 104 heavy (non-hydrogen) atoms. The molecule has 0 N–H and O–H groups in total. The fourth-order valence-electron chi connectivity index (χ4n) is 16.7. The first-order valence-corrected chi connectivity index (χ1v) is 36.7. The Labute approximate surface area is 624 Å². The van der Waals surface area contributed by atoms with E-state index in [2.05, 4.69) is 341 Å². The summed E-state index contributed by atoms with van der Waals surface area (Å²) in [6.45, 7) is 33.6. The molecule has 0 unspecified atom stereocenters. The third kappa shape index (κ3) is 10.2. The van der Waals surface area contributed by atoms with E-state index in [-0.39, 0.29) is 67.6 Å². The van der Waals surface area contributed by atoms with E-state index in [0.29, 0.717) is 5.69 Å². The summed E-state index contributed by atoms with van der Waals surface area (Å²) in [5.74, 6) is 0. The lowest BCUT2D eigenvalue weighted by molar-refractivity contribution is 0.589. The minimum absolute atomic E-state index is 0.0224. The van der Waals surface area contributed by atoms with Crippen molar-refractivity contribution >= 4 is 123 Å². The lowest BCUT2D eigenvalue weighted by atomic mass is 9.33. The van der Waals surface area contributed by atoms with Crippen LogP contribution in [-0.2, 0) is 27.1 Å². The molecule has 0 fully saturated rings. The van der Waals surface area contributed by atoms with E-state index in [1.165, 1.54) is 16.7 Å². The third-order valence-electron chi connectivity index (χ3n) is 22.3. The number of hydrogen-bond donors (Lipinski definition) is 0. The number of fused-ring (bicyclic) bond motifs is 14. The van der Waals surface area contributed by atoms with E-state index >= 15 is 0 Å². The molecule has 0 atom stereocenters. The van der Waals surface area contributed by atoms with Gasteiger partial charge in [0.2, 0.25) is 0 Å². The number of nitrogens with zero attached hydrogens (tertiary/aromatic N) is 5. The molecule has 5 heterocycles. The highest BCUT2D eigenvalue weighted by Crippen LogP contribution is 2.53. The number of aromatic nitrogens is 3. The molecular formula is C98H90BN5. The van der Waals surface area contributed by atoms with Gasteiger partial charge in [-0.2, -0.15) is 0 Å². The molecule has 2 aliphatic heterocycles. The normalized spacial score (nSPS) is 14.5. The Morgan fingerprint density at radius 3 is 1.19 bits per heavy atom. The Balaban J connectivity index is 1.01. The summed E-state index contributed by atoms with van der Waals surface area (Å²) < 4.78 is 82.0. The van der Waals surface area contributed by atoms with Crippen LogP contribution < -0.4 is 26.2 Å². The van der Waals surface area contributed by atoms with Gasteiger partial charge >= 0.3 is 0 Å². The van der Waals surface area contributed by atoms with Crippen LogP contribution in [0.3, 0.4) is 0 Å². The number of rotatable bonds is 7. The van der Waals surface area contributed by atoms with E-state index in [1.807, 2.05) is 6.07 Å². The summed E-state index contributed by atoms with van der Waals surface area (Å²) in [5.41, 5.74) is 24.7. The molecule has 3 aromatic heterocycles. The van der Waals surface area contributed by atoms with Crippen LogP contribution in [0.5, 0.6) is 0 Å². The molecule has 0 saturated carbocycles. The SMILES string of the molecule is [2H]c1c([2H])c([2H])c2c(c1[2H])c1c([2H])c([2H])c([2H])c([2H])c1n2-c1ccc2c(c1)N(c1ccc(C(C)(C)C)cc1-c1ccc(C(C)(C)C)cc1)c1cc(C(C)(C)C)cc3c1B2c1ccc(-n2c4ccccc4c4ccc5c(c6ccccc6n5-c5ccccc5)c42)cc1N3c1ccc(C(C)(C)C)cc1-c1ccc(C(C)(C)C)cc1. The van der Waals surface area contributed by atoms with Gasteiger partial charge in [0.25, 0.3) is 6.71 Å². The predicted octanol–water partition coefficient (Wildman–Crippen LogP) is 24.9. The average Bonchev–Trinajstić information content (AvgIpc) is 1.04. The van der Waals surface area contributed by atoms with Crippen molar-refractivity contribution in [1.29, 1.82) is 0 Å². The van der Waals surface area contributed by atoms with Crippen LogP contribution in [0.4, 0.5) is 34.1 Å². The summed E-state index contributed by atoms with van der Waals surface area (Å²) in [5, 5.41) is 4.63. The van der Waals surface area contributed by atoms with Gasteiger partial charge in [-0.3, -0.25) is 0 Å².